The van der Waals surface area contributed by atoms with Crippen molar-refractivity contribution >= 4 is 23.2 Å². The second-order valence-electron chi connectivity index (χ2n) is 9.35. The van der Waals surface area contributed by atoms with Gasteiger partial charge >= 0.3 is 0 Å². The Labute approximate surface area is 192 Å². The number of amides is 2. The highest BCUT2D eigenvalue weighted by atomic mass is 16.5. The van der Waals surface area contributed by atoms with Gasteiger partial charge in [0.2, 0.25) is 11.8 Å². The number of aryl methyl sites for hydroxylation is 1. The number of methoxy groups -OCH3 is 1. The molecule has 0 fully saturated rings. The maximum absolute atomic E-state index is 13.4. The molecule has 1 aliphatic heterocycles. The Morgan fingerprint density at radius 1 is 1.09 bits per heavy atom. The predicted molar refractivity (Wildman–Crippen MR) is 131 cm³/mol. The fraction of sp³-hybridized carbons (Fsp3) is 0.481. The first kappa shape index (κ1) is 23.8. The first-order valence-electron chi connectivity index (χ1n) is 11.6. The number of rotatable bonds is 6. The van der Waals surface area contributed by atoms with Gasteiger partial charge in [0.25, 0.3) is 0 Å². The lowest BCUT2D eigenvalue weighted by Crippen LogP contribution is -2.40. The summed E-state index contributed by atoms with van der Waals surface area (Å²) in [5, 5.41) is 3.08. The van der Waals surface area contributed by atoms with Crippen LogP contribution in [0.1, 0.15) is 82.4 Å². The van der Waals surface area contributed by atoms with Gasteiger partial charge in [0.1, 0.15) is 12.2 Å². The number of hydrogen-bond donors (Lipinski definition) is 1. The molecule has 1 heterocycles. The molecule has 3 rings (SSSR count). The summed E-state index contributed by atoms with van der Waals surface area (Å²) in [5.41, 5.74) is 5.02. The van der Waals surface area contributed by atoms with Gasteiger partial charge in [-0.15, -0.1) is 0 Å². The Bertz CT molecular complexity index is 955. The second-order valence-corrected chi connectivity index (χ2v) is 9.35. The van der Waals surface area contributed by atoms with E-state index in [0.717, 1.165) is 53.1 Å². The third-order valence-electron chi connectivity index (χ3n) is 6.27. The largest absolute Gasteiger partial charge is 0.497 e. The third kappa shape index (κ3) is 5.14. The number of nitrogens with zero attached hydrogens (tertiary/aromatic N) is 1. The maximum atomic E-state index is 13.4. The van der Waals surface area contributed by atoms with Gasteiger partial charge in [-0.2, -0.15) is 0 Å². The van der Waals surface area contributed by atoms with E-state index in [1.807, 2.05) is 24.3 Å². The van der Waals surface area contributed by atoms with Crippen molar-refractivity contribution in [2.45, 2.75) is 78.2 Å². The van der Waals surface area contributed by atoms with E-state index in [9.17, 15) is 9.59 Å². The van der Waals surface area contributed by atoms with E-state index in [4.69, 9.17) is 4.74 Å². The lowest BCUT2D eigenvalue weighted by molar-refractivity contribution is -0.125. The molecule has 172 valence electrons. The Balaban J connectivity index is 1.85. The minimum absolute atomic E-state index is 0.0409. The first-order valence-corrected chi connectivity index (χ1v) is 11.6. The van der Waals surface area contributed by atoms with E-state index in [1.165, 1.54) is 0 Å². The summed E-state index contributed by atoms with van der Waals surface area (Å²) < 4.78 is 5.37. The van der Waals surface area contributed by atoms with Crippen LogP contribution in [0.4, 0.5) is 11.4 Å². The minimum atomic E-state index is -0.267. The second kappa shape index (κ2) is 10.2. The lowest BCUT2D eigenvalue weighted by Gasteiger charge is -2.29. The zero-order valence-corrected chi connectivity index (χ0v) is 20.2. The SMILES string of the molecule is COc1ccc2c(c1)CCCC(C)N2C(=O)CC(=O)Nc1c(C(C)C)cccc1C(C)C. The summed E-state index contributed by atoms with van der Waals surface area (Å²) in [5.74, 6) is 0.891. The van der Waals surface area contributed by atoms with Crippen LogP contribution in [0, 0.1) is 0 Å². The van der Waals surface area contributed by atoms with Crippen molar-refractivity contribution in [2.75, 3.05) is 17.3 Å². The van der Waals surface area contributed by atoms with Gasteiger partial charge < -0.3 is 15.0 Å². The van der Waals surface area contributed by atoms with Crippen molar-refractivity contribution < 1.29 is 14.3 Å². The van der Waals surface area contributed by atoms with Crippen molar-refractivity contribution in [1.29, 1.82) is 0 Å². The molecule has 0 aromatic heterocycles. The number of hydrogen-bond acceptors (Lipinski definition) is 3. The fourth-order valence-electron chi connectivity index (χ4n) is 4.56. The van der Waals surface area contributed by atoms with Gasteiger partial charge in [0, 0.05) is 17.4 Å². The summed E-state index contributed by atoms with van der Waals surface area (Å²) in [6.45, 7) is 10.5. The number of carbonyl (C=O) groups is 2. The topological polar surface area (TPSA) is 58.6 Å². The van der Waals surface area contributed by atoms with Crippen LogP contribution in [-0.4, -0.2) is 25.0 Å². The molecule has 5 nitrogen and oxygen atoms in total. The van der Waals surface area contributed by atoms with Crippen LogP contribution in [0.2, 0.25) is 0 Å². The first-order chi connectivity index (χ1) is 15.2. The zero-order chi connectivity index (χ0) is 23.4. The number of anilines is 2. The molecule has 0 bridgehead atoms. The van der Waals surface area contributed by atoms with Crippen LogP contribution in [0.5, 0.6) is 5.75 Å². The van der Waals surface area contributed by atoms with E-state index < -0.39 is 0 Å². The average molecular weight is 437 g/mol. The zero-order valence-electron chi connectivity index (χ0n) is 20.2. The Kier molecular flexibility index (Phi) is 7.60. The van der Waals surface area contributed by atoms with E-state index >= 15 is 0 Å². The molecule has 0 radical (unpaired) electrons. The van der Waals surface area contributed by atoms with E-state index in [2.05, 4.69) is 52.1 Å². The quantitative estimate of drug-likeness (QED) is 0.563. The van der Waals surface area contributed by atoms with Gasteiger partial charge in [-0.05, 0) is 72.9 Å². The molecule has 0 aliphatic carbocycles. The summed E-state index contributed by atoms with van der Waals surface area (Å²) in [4.78, 5) is 28.2. The monoisotopic (exact) mass is 436 g/mol. The molecule has 2 aromatic carbocycles. The highest BCUT2D eigenvalue weighted by Crippen LogP contribution is 2.34. The van der Waals surface area contributed by atoms with Gasteiger partial charge in [0.05, 0.1) is 7.11 Å². The van der Waals surface area contributed by atoms with Crippen molar-refractivity contribution in [3.05, 3.63) is 53.1 Å². The fourth-order valence-corrected chi connectivity index (χ4v) is 4.56. The number of benzene rings is 2. The van der Waals surface area contributed by atoms with Crippen LogP contribution < -0.4 is 15.0 Å². The van der Waals surface area contributed by atoms with Crippen LogP contribution in [-0.2, 0) is 16.0 Å². The van der Waals surface area contributed by atoms with Crippen LogP contribution in [0.15, 0.2) is 36.4 Å². The van der Waals surface area contributed by atoms with Crippen molar-refractivity contribution in [2.24, 2.45) is 0 Å². The van der Waals surface area contributed by atoms with Crippen LogP contribution in [0.25, 0.3) is 0 Å². The molecule has 0 saturated heterocycles. The molecule has 1 atom stereocenters. The lowest BCUT2D eigenvalue weighted by atomic mass is 9.92. The number of ether oxygens (including phenoxy) is 1. The average Bonchev–Trinajstić information content (AvgIpc) is 2.90. The highest BCUT2D eigenvalue weighted by Gasteiger charge is 2.28. The summed E-state index contributed by atoms with van der Waals surface area (Å²) in [6.07, 6.45) is 2.61. The molecule has 32 heavy (non-hydrogen) atoms. The highest BCUT2D eigenvalue weighted by molar-refractivity contribution is 6.10. The summed E-state index contributed by atoms with van der Waals surface area (Å²) >= 11 is 0. The normalized spacial score (nSPS) is 16.0. The molecule has 0 spiro atoms. The van der Waals surface area contributed by atoms with Gasteiger partial charge in [-0.3, -0.25) is 9.59 Å². The Hall–Kier alpha value is -2.82. The molecule has 5 heteroatoms. The van der Waals surface area contributed by atoms with Gasteiger partial charge in [-0.25, -0.2) is 0 Å². The number of carbonyl (C=O) groups excluding carboxylic acids is 2. The maximum Gasteiger partial charge on any atom is 0.236 e. The molecular formula is C27H36N2O3. The molecular weight excluding hydrogens is 400 g/mol. The number of fused-ring (bicyclic) bond motifs is 1. The van der Waals surface area contributed by atoms with Crippen molar-refractivity contribution in [3.63, 3.8) is 0 Å². The van der Waals surface area contributed by atoms with Crippen LogP contribution in [0.3, 0.4) is 0 Å². The predicted octanol–water partition coefficient (Wildman–Crippen LogP) is 6.03. The molecule has 1 N–H and O–H groups in total. The summed E-state index contributed by atoms with van der Waals surface area (Å²) in [6, 6.07) is 12.0. The number of nitrogens with one attached hydrogen (secondary N) is 1. The van der Waals surface area contributed by atoms with E-state index in [0.29, 0.717) is 0 Å². The van der Waals surface area contributed by atoms with Crippen molar-refractivity contribution in [1.82, 2.24) is 0 Å². The molecule has 2 amide bonds. The standard InChI is InChI=1S/C27H36N2O3/c1-17(2)22-11-8-12-23(18(3)4)27(22)28-25(30)16-26(31)29-19(5)9-7-10-20-15-21(32-6)13-14-24(20)29/h8,11-15,17-19H,7,9-10,16H2,1-6H3,(H,28,30). The third-order valence-corrected chi connectivity index (χ3v) is 6.27. The van der Waals surface area contributed by atoms with Gasteiger partial charge in [0.15, 0.2) is 0 Å². The van der Waals surface area contributed by atoms with Crippen molar-refractivity contribution in [3.8, 4) is 5.75 Å². The molecule has 1 aliphatic rings. The summed E-state index contributed by atoms with van der Waals surface area (Å²) in [7, 11) is 1.65. The Morgan fingerprint density at radius 3 is 2.34 bits per heavy atom. The Morgan fingerprint density at radius 2 is 1.75 bits per heavy atom. The molecule has 2 aromatic rings. The minimum Gasteiger partial charge on any atom is -0.497 e. The number of para-hydroxylation sites is 1. The van der Waals surface area contributed by atoms with Gasteiger partial charge in [-0.1, -0.05) is 45.9 Å². The van der Waals surface area contributed by atoms with E-state index in [1.54, 1.807) is 12.0 Å². The smallest absolute Gasteiger partial charge is 0.236 e. The van der Waals surface area contributed by atoms with E-state index in [-0.39, 0.29) is 36.1 Å². The molecule has 0 saturated carbocycles. The van der Waals surface area contributed by atoms with Crippen LogP contribution >= 0.6 is 0 Å². The molecule has 1 unspecified atom stereocenters.